The van der Waals surface area contributed by atoms with Crippen LogP contribution in [0.1, 0.15) is 11.3 Å². The fourth-order valence-corrected chi connectivity index (χ4v) is 2.01. The van der Waals surface area contributed by atoms with Gasteiger partial charge in [0.1, 0.15) is 18.1 Å². The van der Waals surface area contributed by atoms with Crippen LogP contribution in [-0.4, -0.2) is 5.16 Å². The first-order valence-corrected chi connectivity index (χ1v) is 5.34. The normalized spacial score (nSPS) is 12.9. The predicted octanol–water partition coefficient (Wildman–Crippen LogP) is 2.66. The van der Waals surface area contributed by atoms with E-state index in [-0.39, 0.29) is 0 Å². The summed E-state index contributed by atoms with van der Waals surface area (Å²) in [5, 5.41) is 3.98. The van der Waals surface area contributed by atoms with E-state index in [4.69, 9.17) is 9.26 Å². The molecule has 1 aromatic carbocycles. The molecule has 76 valence electrons. The highest BCUT2D eigenvalue weighted by Gasteiger charge is 2.24. The van der Waals surface area contributed by atoms with Crippen LogP contribution in [-0.2, 0) is 12.4 Å². The van der Waals surface area contributed by atoms with Crippen molar-refractivity contribution in [1.82, 2.24) is 5.16 Å². The molecule has 0 unspecified atom stereocenters. The van der Waals surface area contributed by atoms with Crippen molar-refractivity contribution in [2.75, 3.05) is 0 Å². The van der Waals surface area contributed by atoms with Gasteiger partial charge in [0.15, 0.2) is 5.76 Å². The SMILES string of the molecule is SCc1noc2c1COc1ccccc1-2. The first kappa shape index (κ1) is 8.85. The van der Waals surface area contributed by atoms with Crippen LogP contribution in [0.4, 0.5) is 0 Å². The highest BCUT2D eigenvalue weighted by Crippen LogP contribution is 2.38. The van der Waals surface area contributed by atoms with Gasteiger partial charge in [0.05, 0.1) is 11.1 Å². The molecule has 3 rings (SSSR count). The lowest BCUT2D eigenvalue weighted by atomic mass is 10.0. The third-order valence-electron chi connectivity index (χ3n) is 2.52. The average Bonchev–Trinajstić information content (AvgIpc) is 2.72. The minimum Gasteiger partial charge on any atom is -0.488 e. The number of hydrogen-bond acceptors (Lipinski definition) is 4. The molecule has 2 heterocycles. The van der Waals surface area contributed by atoms with Gasteiger partial charge in [0.2, 0.25) is 0 Å². The lowest BCUT2D eigenvalue weighted by Crippen LogP contribution is -2.04. The molecule has 0 atom stereocenters. The smallest absolute Gasteiger partial charge is 0.177 e. The van der Waals surface area contributed by atoms with E-state index in [9.17, 15) is 0 Å². The molecule has 0 saturated heterocycles. The van der Waals surface area contributed by atoms with Crippen molar-refractivity contribution in [2.24, 2.45) is 0 Å². The fourth-order valence-electron chi connectivity index (χ4n) is 1.76. The molecule has 1 aliphatic heterocycles. The van der Waals surface area contributed by atoms with Crippen molar-refractivity contribution < 1.29 is 9.26 Å². The van der Waals surface area contributed by atoms with Crippen LogP contribution in [0.15, 0.2) is 28.8 Å². The van der Waals surface area contributed by atoms with Crippen molar-refractivity contribution in [3.05, 3.63) is 35.5 Å². The highest BCUT2D eigenvalue weighted by atomic mass is 32.1. The molecular formula is C11H9NO2S. The minimum absolute atomic E-state index is 0.520. The van der Waals surface area contributed by atoms with E-state index in [1.165, 1.54) is 0 Å². The number of aromatic nitrogens is 1. The Kier molecular flexibility index (Phi) is 1.95. The second kappa shape index (κ2) is 3.31. The number of hydrogen-bond donors (Lipinski definition) is 1. The molecule has 0 saturated carbocycles. The van der Waals surface area contributed by atoms with E-state index in [0.29, 0.717) is 12.4 Å². The van der Waals surface area contributed by atoms with Gasteiger partial charge in [-0.05, 0) is 12.1 Å². The van der Waals surface area contributed by atoms with Crippen LogP contribution in [0.2, 0.25) is 0 Å². The zero-order chi connectivity index (χ0) is 10.3. The van der Waals surface area contributed by atoms with Crippen LogP contribution in [0, 0.1) is 0 Å². The monoisotopic (exact) mass is 219 g/mol. The lowest BCUT2D eigenvalue weighted by Gasteiger charge is -2.15. The third kappa shape index (κ3) is 1.25. The average molecular weight is 219 g/mol. The van der Waals surface area contributed by atoms with Gasteiger partial charge >= 0.3 is 0 Å². The topological polar surface area (TPSA) is 35.3 Å². The van der Waals surface area contributed by atoms with Crippen LogP contribution in [0.25, 0.3) is 11.3 Å². The van der Waals surface area contributed by atoms with E-state index < -0.39 is 0 Å². The van der Waals surface area contributed by atoms with E-state index in [0.717, 1.165) is 28.3 Å². The molecule has 1 aliphatic rings. The van der Waals surface area contributed by atoms with Crippen molar-refractivity contribution in [2.45, 2.75) is 12.4 Å². The van der Waals surface area contributed by atoms with Gasteiger partial charge in [0, 0.05) is 5.75 Å². The second-order valence-corrected chi connectivity index (χ2v) is 3.70. The number of nitrogens with zero attached hydrogens (tertiary/aromatic N) is 1. The van der Waals surface area contributed by atoms with Gasteiger partial charge in [-0.15, -0.1) is 0 Å². The quantitative estimate of drug-likeness (QED) is 0.749. The molecular weight excluding hydrogens is 210 g/mol. The van der Waals surface area contributed by atoms with Gasteiger partial charge < -0.3 is 9.26 Å². The van der Waals surface area contributed by atoms with Crippen molar-refractivity contribution in [3.8, 4) is 17.1 Å². The number of benzene rings is 1. The van der Waals surface area contributed by atoms with Crippen molar-refractivity contribution >= 4 is 12.6 Å². The maximum Gasteiger partial charge on any atom is 0.177 e. The Labute approximate surface area is 92.4 Å². The number of para-hydroxylation sites is 1. The second-order valence-electron chi connectivity index (χ2n) is 3.38. The Morgan fingerprint density at radius 1 is 1.33 bits per heavy atom. The predicted molar refractivity (Wildman–Crippen MR) is 59.0 cm³/mol. The van der Waals surface area contributed by atoms with Gasteiger partial charge in [-0.25, -0.2) is 0 Å². The standard InChI is InChI=1S/C11H9NO2S/c15-6-9-8-5-13-10-4-2-1-3-7(10)11(8)14-12-9/h1-4,15H,5-6H2. The number of rotatable bonds is 1. The van der Waals surface area contributed by atoms with E-state index in [1.54, 1.807) is 0 Å². The summed E-state index contributed by atoms with van der Waals surface area (Å²) in [6.45, 7) is 0.520. The van der Waals surface area contributed by atoms with Crippen LogP contribution >= 0.6 is 12.6 Å². The summed E-state index contributed by atoms with van der Waals surface area (Å²) in [6, 6.07) is 7.81. The van der Waals surface area contributed by atoms with Gasteiger partial charge in [-0.2, -0.15) is 12.6 Å². The largest absolute Gasteiger partial charge is 0.488 e. The molecule has 1 aromatic heterocycles. The highest BCUT2D eigenvalue weighted by molar-refractivity contribution is 7.79. The van der Waals surface area contributed by atoms with Gasteiger partial charge in [0.25, 0.3) is 0 Å². The summed E-state index contributed by atoms with van der Waals surface area (Å²) in [7, 11) is 0. The van der Waals surface area contributed by atoms with Crippen LogP contribution in [0.3, 0.4) is 0 Å². The minimum atomic E-state index is 0.520. The van der Waals surface area contributed by atoms with Crippen molar-refractivity contribution in [3.63, 3.8) is 0 Å². The van der Waals surface area contributed by atoms with Crippen LogP contribution < -0.4 is 4.74 Å². The summed E-state index contributed by atoms with van der Waals surface area (Å²) in [4.78, 5) is 0. The maximum atomic E-state index is 5.62. The Hall–Kier alpha value is -1.42. The maximum absolute atomic E-state index is 5.62. The molecule has 0 spiro atoms. The molecule has 0 bridgehead atoms. The molecule has 0 amide bonds. The van der Waals surface area contributed by atoms with E-state index in [2.05, 4.69) is 17.8 Å². The molecule has 2 aromatic rings. The lowest BCUT2D eigenvalue weighted by molar-refractivity contribution is 0.297. The molecule has 0 radical (unpaired) electrons. The summed E-state index contributed by atoms with van der Waals surface area (Å²) in [5.74, 6) is 2.25. The Morgan fingerprint density at radius 2 is 2.20 bits per heavy atom. The Balaban J connectivity index is 2.22. The number of thiol groups is 1. The number of ether oxygens (including phenoxy) is 1. The van der Waals surface area contributed by atoms with Gasteiger partial charge in [-0.1, -0.05) is 17.3 Å². The molecule has 3 nitrogen and oxygen atoms in total. The molecule has 4 heteroatoms. The number of fused-ring (bicyclic) bond motifs is 3. The molecule has 0 fully saturated rings. The zero-order valence-corrected chi connectivity index (χ0v) is 8.83. The van der Waals surface area contributed by atoms with E-state index >= 15 is 0 Å². The summed E-state index contributed by atoms with van der Waals surface area (Å²) in [6.07, 6.45) is 0. The molecule has 0 N–H and O–H groups in total. The fraction of sp³-hybridized carbons (Fsp3) is 0.182. The van der Waals surface area contributed by atoms with Crippen LogP contribution in [0.5, 0.6) is 5.75 Å². The first-order valence-electron chi connectivity index (χ1n) is 4.70. The summed E-state index contributed by atoms with van der Waals surface area (Å²) < 4.78 is 10.9. The summed E-state index contributed by atoms with van der Waals surface area (Å²) >= 11 is 4.20. The van der Waals surface area contributed by atoms with Gasteiger partial charge in [-0.3, -0.25) is 0 Å². The zero-order valence-electron chi connectivity index (χ0n) is 7.93. The molecule has 15 heavy (non-hydrogen) atoms. The third-order valence-corrected chi connectivity index (χ3v) is 2.82. The summed E-state index contributed by atoms with van der Waals surface area (Å²) in [5.41, 5.74) is 2.85. The Morgan fingerprint density at radius 3 is 3.07 bits per heavy atom. The van der Waals surface area contributed by atoms with Crippen molar-refractivity contribution in [1.29, 1.82) is 0 Å². The molecule has 0 aliphatic carbocycles. The first-order chi connectivity index (χ1) is 7.40. The van der Waals surface area contributed by atoms with E-state index in [1.807, 2.05) is 24.3 Å². The Bertz CT molecular complexity index is 507.